The van der Waals surface area contributed by atoms with Crippen molar-refractivity contribution in [3.8, 4) is 23.1 Å². The molecule has 1 aliphatic rings. The van der Waals surface area contributed by atoms with Crippen LogP contribution in [0, 0.1) is 6.92 Å². The first-order chi connectivity index (χ1) is 9.28. The molecule has 19 heavy (non-hydrogen) atoms. The number of hydrazine groups is 1. The predicted molar refractivity (Wildman–Crippen MR) is 67.2 cm³/mol. The molecule has 0 unspecified atom stereocenters. The normalized spacial score (nSPS) is 12.3. The summed E-state index contributed by atoms with van der Waals surface area (Å²) in [6.45, 7) is 2.05. The van der Waals surface area contributed by atoms with Crippen molar-refractivity contribution in [3.63, 3.8) is 0 Å². The van der Waals surface area contributed by atoms with Crippen LogP contribution in [0.3, 0.4) is 0 Å². The molecule has 3 N–H and O–H groups in total. The second-order valence-corrected chi connectivity index (χ2v) is 3.91. The lowest BCUT2D eigenvalue weighted by molar-refractivity contribution is 0.174. The Morgan fingerprint density at radius 2 is 2.11 bits per heavy atom. The summed E-state index contributed by atoms with van der Waals surface area (Å²) in [5.74, 6) is 8.27. The molecule has 0 fully saturated rings. The van der Waals surface area contributed by atoms with Gasteiger partial charge in [0.1, 0.15) is 17.9 Å². The second-order valence-electron chi connectivity index (χ2n) is 3.91. The van der Waals surface area contributed by atoms with Gasteiger partial charge in [0.2, 0.25) is 12.7 Å². The molecule has 0 aliphatic carbocycles. The van der Waals surface area contributed by atoms with Crippen molar-refractivity contribution in [2.75, 3.05) is 12.2 Å². The van der Waals surface area contributed by atoms with Crippen LogP contribution in [0.5, 0.6) is 23.1 Å². The van der Waals surface area contributed by atoms with Gasteiger partial charge < -0.3 is 19.6 Å². The lowest BCUT2D eigenvalue weighted by Gasteiger charge is -2.10. The highest BCUT2D eigenvalue weighted by atomic mass is 16.7. The highest BCUT2D eigenvalue weighted by molar-refractivity contribution is 5.50. The smallest absolute Gasteiger partial charge is 0.231 e. The van der Waals surface area contributed by atoms with Crippen molar-refractivity contribution < 1.29 is 14.2 Å². The van der Waals surface area contributed by atoms with E-state index in [4.69, 9.17) is 20.1 Å². The second kappa shape index (κ2) is 4.62. The van der Waals surface area contributed by atoms with Crippen LogP contribution in [0.15, 0.2) is 24.5 Å². The molecule has 0 bridgehead atoms. The molecule has 1 aromatic carbocycles. The molecule has 0 amide bonds. The van der Waals surface area contributed by atoms with Crippen molar-refractivity contribution in [2.45, 2.75) is 6.92 Å². The number of ether oxygens (including phenoxy) is 3. The van der Waals surface area contributed by atoms with Gasteiger partial charge in [-0.05, 0) is 19.1 Å². The van der Waals surface area contributed by atoms with Gasteiger partial charge in [-0.1, -0.05) is 0 Å². The van der Waals surface area contributed by atoms with E-state index in [-0.39, 0.29) is 6.79 Å². The first-order valence-electron chi connectivity index (χ1n) is 5.63. The van der Waals surface area contributed by atoms with Gasteiger partial charge in [-0.3, -0.25) is 0 Å². The average molecular weight is 260 g/mol. The zero-order valence-corrected chi connectivity index (χ0v) is 10.2. The number of hydrogen-bond acceptors (Lipinski definition) is 7. The Bertz CT molecular complexity index is 618. The molecule has 3 rings (SSSR count). The Labute approximate surface area is 109 Å². The molecule has 0 saturated heterocycles. The number of anilines is 1. The van der Waals surface area contributed by atoms with Gasteiger partial charge in [-0.2, -0.15) is 0 Å². The van der Waals surface area contributed by atoms with Crippen molar-refractivity contribution in [1.82, 2.24) is 9.97 Å². The van der Waals surface area contributed by atoms with Crippen molar-refractivity contribution in [2.24, 2.45) is 5.84 Å². The minimum absolute atomic E-state index is 0.229. The molecule has 2 heterocycles. The van der Waals surface area contributed by atoms with Gasteiger partial charge in [0, 0.05) is 6.07 Å². The van der Waals surface area contributed by atoms with E-state index in [1.807, 2.05) is 6.92 Å². The fourth-order valence-corrected chi connectivity index (χ4v) is 1.73. The highest BCUT2D eigenvalue weighted by Crippen LogP contribution is 2.36. The van der Waals surface area contributed by atoms with E-state index in [9.17, 15) is 0 Å². The number of benzene rings is 1. The van der Waals surface area contributed by atoms with E-state index < -0.39 is 0 Å². The Kier molecular flexibility index (Phi) is 2.81. The van der Waals surface area contributed by atoms with E-state index >= 15 is 0 Å². The summed E-state index contributed by atoms with van der Waals surface area (Å²) in [6.07, 6.45) is 1.38. The molecule has 1 aromatic heterocycles. The SMILES string of the molecule is Cc1c(NN)ncnc1Oc1ccc2c(c1)OCO2. The van der Waals surface area contributed by atoms with Crippen LogP contribution >= 0.6 is 0 Å². The van der Waals surface area contributed by atoms with Gasteiger partial charge in [0.15, 0.2) is 11.5 Å². The van der Waals surface area contributed by atoms with Crippen molar-refractivity contribution in [3.05, 3.63) is 30.1 Å². The number of nitrogens with one attached hydrogen (secondary N) is 1. The van der Waals surface area contributed by atoms with E-state index in [1.165, 1.54) is 6.33 Å². The number of aromatic nitrogens is 2. The Balaban J connectivity index is 1.89. The topological polar surface area (TPSA) is 91.5 Å². The highest BCUT2D eigenvalue weighted by Gasteiger charge is 2.15. The summed E-state index contributed by atoms with van der Waals surface area (Å²) in [5.41, 5.74) is 3.21. The minimum Gasteiger partial charge on any atom is -0.454 e. The lowest BCUT2D eigenvalue weighted by atomic mass is 10.3. The number of nitrogen functional groups attached to an aromatic ring is 1. The molecule has 98 valence electrons. The van der Waals surface area contributed by atoms with Crippen LogP contribution in [0.2, 0.25) is 0 Å². The lowest BCUT2D eigenvalue weighted by Crippen LogP contribution is -2.10. The van der Waals surface area contributed by atoms with Crippen LogP contribution in [0.1, 0.15) is 5.56 Å². The molecular formula is C12H12N4O3. The van der Waals surface area contributed by atoms with Crippen LogP contribution in [-0.4, -0.2) is 16.8 Å². The number of nitrogens with zero attached hydrogens (tertiary/aromatic N) is 2. The van der Waals surface area contributed by atoms with Crippen LogP contribution in [0.25, 0.3) is 0 Å². The average Bonchev–Trinajstić information content (AvgIpc) is 2.88. The first kappa shape index (κ1) is 11.5. The van der Waals surface area contributed by atoms with Crippen LogP contribution in [-0.2, 0) is 0 Å². The van der Waals surface area contributed by atoms with E-state index in [2.05, 4.69) is 15.4 Å². The number of hydrogen-bond donors (Lipinski definition) is 2. The fraction of sp³-hybridized carbons (Fsp3) is 0.167. The van der Waals surface area contributed by atoms with Crippen LogP contribution < -0.4 is 25.5 Å². The first-order valence-corrected chi connectivity index (χ1v) is 5.63. The third kappa shape index (κ3) is 2.11. The molecule has 1 aliphatic heterocycles. The van der Waals surface area contributed by atoms with Gasteiger partial charge in [0.05, 0.1) is 5.56 Å². The molecule has 7 heteroatoms. The summed E-state index contributed by atoms with van der Waals surface area (Å²) in [5, 5.41) is 0. The molecule has 2 aromatic rings. The largest absolute Gasteiger partial charge is 0.454 e. The molecule has 0 saturated carbocycles. The van der Waals surface area contributed by atoms with Gasteiger partial charge in [0.25, 0.3) is 0 Å². The van der Waals surface area contributed by atoms with Crippen LogP contribution in [0.4, 0.5) is 5.82 Å². The standard InChI is InChI=1S/C12H12N4O3/c1-7-11(16-13)14-5-15-12(7)19-8-2-3-9-10(4-8)18-6-17-9/h2-5H,6,13H2,1H3,(H,14,15,16). The quantitative estimate of drug-likeness (QED) is 0.639. The van der Waals surface area contributed by atoms with E-state index in [1.54, 1.807) is 18.2 Å². The number of rotatable bonds is 3. The summed E-state index contributed by atoms with van der Waals surface area (Å²) in [6, 6.07) is 5.32. The van der Waals surface area contributed by atoms with E-state index in [0.29, 0.717) is 28.9 Å². The summed E-state index contributed by atoms with van der Waals surface area (Å²) in [4.78, 5) is 8.06. The van der Waals surface area contributed by atoms with E-state index in [0.717, 1.165) is 5.56 Å². The van der Waals surface area contributed by atoms with Gasteiger partial charge in [-0.15, -0.1) is 0 Å². The van der Waals surface area contributed by atoms with Crippen molar-refractivity contribution in [1.29, 1.82) is 0 Å². The fourth-order valence-electron chi connectivity index (χ4n) is 1.73. The number of fused-ring (bicyclic) bond motifs is 1. The summed E-state index contributed by atoms with van der Waals surface area (Å²) < 4.78 is 16.2. The minimum atomic E-state index is 0.229. The third-order valence-electron chi connectivity index (χ3n) is 2.73. The summed E-state index contributed by atoms with van der Waals surface area (Å²) in [7, 11) is 0. The van der Waals surface area contributed by atoms with Gasteiger partial charge in [-0.25, -0.2) is 15.8 Å². The molecular weight excluding hydrogens is 248 g/mol. The molecule has 7 nitrogen and oxygen atoms in total. The zero-order chi connectivity index (χ0) is 13.2. The predicted octanol–water partition coefficient (Wildman–Crippen LogP) is 1.59. The monoisotopic (exact) mass is 260 g/mol. The Hall–Kier alpha value is -2.54. The molecule has 0 radical (unpaired) electrons. The maximum absolute atomic E-state index is 5.69. The summed E-state index contributed by atoms with van der Waals surface area (Å²) >= 11 is 0. The third-order valence-corrected chi connectivity index (χ3v) is 2.73. The molecule has 0 atom stereocenters. The van der Waals surface area contributed by atoms with Crippen molar-refractivity contribution >= 4 is 5.82 Å². The maximum atomic E-state index is 5.69. The Morgan fingerprint density at radius 1 is 1.26 bits per heavy atom. The molecule has 0 spiro atoms. The maximum Gasteiger partial charge on any atom is 0.231 e. The Morgan fingerprint density at radius 3 is 2.95 bits per heavy atom. The zero-order valence-electron chi connectivity index (χ0n) is 10.2. The number of nitrogens with two attached hydrogens (primary N) is 1. The van der Waals surface area contributed by atoms with Gasteiger partial charge >= 0.3 is 0 Å².